The molecule has 0 spiro atoms. The highest BCUT2D eigenvalue weighted by atomic mass is 16.1. The zero-order valence-electron chi connectivity index (χ0n) is 11.2. The minimum Gasteiger partial charge on any atom is -0.311 e. The molecule has 0 unspecified atom stereocenters. The molecule has 0 amide bonds. The second-order valence-electron chi connectivity index (χ2n) is 2.93. The van der Waals surface area contributed by atoms with Gasteiger partial charge >= 0.3 is 0 Å². The van der Waals surface area contributed by atoms with E-state index in [1.54, 1.807) is 13.2 Å². The van der Waals surface area contributed by atoms with Crippen LogP contribution in [0.25, 0.3) is 12.2 Å². The molecule has 0 aliphatic heterocycles. The van der Waals surface area contributed by atoms with E-state index < -0.39 is 0 Å². The lowest BCUT2D eigenvalue weighted by atomic mass is 10.2. The summed E-state index contributed by atoms with van der Waals surface area (Å²) in [5.41, 5.74) is 3.31. The Morgan fingerprint density at radius 1 is 1.29 bits per heavy atom. The van der Waals surface area contributed by atoms with Crippen LogP contribution >= 0.6 is 0 Å². The fraction of sp³-hybridized carbons (Fsp3) is 0.385. The van der Waals surface area contributed by atoms with Gasteiger partial charge in [-0.25, -0.2) is 0 Å². The molecule has 4 nitrogen and oxygen atoms in total. The van der Waals surface area contributed by atoms with E-state index in [1.165, 1.54) is 4.57 Å². The van der Waals surface area contributed by atoms with Crippen LogP contribution in [0.1, 0.15) is 27.7 Å². The Bertz CT molecular complexity index is 527. The summed E-state index contributed by atoms with van der Waals surface area (Å²) in [5, 5.41) is 6.09. The fourth-order valence-electron chi connectivity index (χ4n) is 1.45. The second kappa shape index (κ2) is 8.33. The zero-order valence-corrected chi connectivity index (χ0v) is 11.2. The monoisotopic (exact) mass is 235 g/mol. The highest BCUT2D eigenvalue weighted by Crippen LogP contribution is 1.68. The Balaban J connectivity index is 0.00000121. The Morgan fingerprint density at radius 2 is 1.94 bits per heavy atom. The molecule has 0 saturated heterocycles. The van der Waals surface area contributed by atoms with Gasteiger partial charge in [-0.05, 0) is 25.1 Å². The molecule has 0 radical (unpaired) electrons. The van der Waals surface area contributed by atoms with Gasteiger partial charge in [0, 0.05) is 18.5 Å². The SMILES string of the molecule is C/C=c1/ccn(C=O)c(=N\NC)/c1=C/C.CC. The molecule has 0 aromatic carbocycles. The standard InChI is InChI=1S/C11H15N3O.C2H6/c1-4-9-6-7-14(8-15)11(13-12-3)10(9)5-2;1-2/h4-8,12H,1-3H3;1-2H3/b9-4-,10-5+,13-11-;. The van der Waals surface area contributed by atoms with Crippen LogP contribution in [-0.2, 0) is 4.79 Å². The molecule has 1 aromatic rings. The third-order valence-corrected chi connectivity index (χ3v) is 2.14. The number of nitrogens with one attached hydrogen (secondary N) is 1. The maximum Gasteiger partial charge on any atom is 0.219 e. The zero-order chi connectivity index (χ0) is 13.3. The Morgan fingerprint density at radius 3 is 2.35 bits per heavy atom. The molecule has 4 heteroatoms. The number of hydrogen-bond acceptors (Lipinski definition) is 3. The molecule has 0 bridgehead atoms. The summed E-state index contributed by atoms with van der Waals surface area (Å²) in [6.45, 7) is 7.88. The number of nitrogens with zero attached hydrogens (tertiary/aromatic N) is 2. The number of pyridine rings is 1. The van der Waals surface area contributed by atoms with Crippen molar-refractivity contribution >= 4 is 18.6 Å². The second-order valence-corrected chi connectivity index (χ2v) is 2.93. The van der Waals surface area contributed by atoms with E-state index in [0.717, 1.165) is 16.8 Å². The molecule has 1 N–H and O–H groups in total. The quantitative estimate of drug-likeness (QED) is 0.587. The van der Waals surface area contributed by atoms with Crippen LogP contribution in [0.5, 0.6) is 0 Å². The predicted molar refractivity (Wildman–Crippen MR) is 72.1 cm³/mol. The predicted octanol–water partition coefficient (Wildman–Crippen LogP) is 0.189. The average Bonchev–Trinajstić information content (AvgIpc) is 2.40. The van der Waals surface area contributed by atoms with Crippen LogP contribution in [0.15, 0.2) is 17.4 Å². The van der Waals surface area contributed by atoms with Crippen molar-refractivity contribution in [2.75, 3.05) is 7.05 Å². The van der Waals surface area contributed by atoms with Crippen molar-refractivity contribution in [3.63, 3.8) is 0 Å². The smallest absolute Gasteiger partial charge is 0.219 e. The van der Waals surface area contributed by atoms with Crippen molar-refractivity contribution in [2.45, 2.75) is 27.7 Å². The molecule has 1 aromatic heterocycles. The highest BCUT2D eigenvalue weighted by molar-refractivity contribution is 5.51. The first-order valence-corrected chi connectivity index (χ1v) is 5.78. The average molecular weight is 235 g/mol. The van der Waals surface area contributed by atoms with Crippen molar-refractivity contribution in [3.05, 3.63) is 28.2 Å². The summed E-state index contributed by atoms with van der Waals surface area (Å²) in [6, 6.07) is 1.89. The van der Waals surface area contributed by atoms with Gasteiger partial charge in [0.05, 0.1) is 0 Å². The largest absolute Gasteiger partial charge is 0.311 e. The fourth-order valence-corrected chi connectivity index (χ4v) is 1.45. The van der Waals surface area contributed by atoms with E-state index in [2.05, 4.69) is 10.5 Å². The van der Waals surface area contributed by atoms with Gasteiger partial charge in [0.1, 0.15) is 0 Å². The molecular formula is C13H21N3O. The number of carbonyl (C=O) groups excluding carboxylic acids is 1. The lowest BCUT2D eigenvalue weighted by molar-refractivity contribution is 0.543. The van der Waals surface area contributed by atoms with E-state index in [1.807, 2.05) is 45.9 Å². The van der Waals surface area contributed by atoms with Crippen molar-refractivity contribution in [2.24, 2.45) is 5.10 Å². The summed E-state index contributed by atoms with van der Waals surface area (Å²) >= 11 is 0. The minimum absolute atomic E-state index is 0.616. The van der Waals surface area contributed by atoms with Gasteiger partial charge < -0.3 is 5.43 Å². The van der Waals surface area contributed by atoms with Crippen LogP contribution in [-0.4, -0.2) is 18.0 Å². The normalized spacial score (nSPS) is 13.1. The van der Waals surface area contributed by atoms with Crippen LogP contribution in [0.4, 0.5) is 0 Å². The van der Waals surface area contributed by atoms with E-state index in [4.69, 9.17) is 0 Å². The number of rotatable bonds is 2. The van der Waals surface area contributed by atoms with Crippen LogP contribution < -0.4 is 21.4 Å². The van der Waals surface area contributed by atoms with Crippen molar-refractivity contribution in [1.82, 2.24) is 9.99 Å². The summed E-state index contributed by atoms with van der Waals surface area (Å²) in [7, 11) is 1.71. The van der Waals surface area contributed by atoms with Gasteiger partial charge in [-0.1, -0.05) is 26.0 Å². The molecule has 1 heterocycles. The maximum absolute atomic E-state index is 10.8. The molecule has 0 aliphatic carbocycles. The van der Waals surface area contributed by atoms with E-state index in [-0.39, 0.29) is 0 Å². The molecule has 17 heavy (non-hydrogen) atoms. The Labute approximate surface area is 102 Å². The van der Waals surface area contributed by atoms with Crippen molar-refractivity contribution < 1.29 is 4.79 Å². The molecule has 0 aliphatic rings. The van der Waals surface area contributed by atoms with Crippen LogP contribution in [0, 0.1) is 0 Å². The van der Waals surface area contributed by atoms with Crippen LogP contribution in [0.3, 0.4) is 0 Å². The van der Waals surface area contributed by atoms with Crippen molar-refractivity contribution in [1.29, 1.82) is 0 Å². The number of aromatic nitrogens is 1. The van der Waals surface area contributed by atoms with Gasteiger partial charge in [0.25, 0.3) is 0 Å². The topological polar surface area (TPSA) is 46.4 Å². The molecule has 0 fully saturated rings. The van der Waals surface area contributed by atoms with E-state index in [9.17, 15) is 4.79 Å². The lowest BCUT2D eigenvalue weighted by Gasteiger charge is -1.99. The highest BCUT2D eigenvalue weighted by Gasteiger charge is 1.94. The molecule has 1 rings (SSSR count). The summed E-state index contributed by atoms with van der Waals surface area (Å²) in [6.07, 6.45) is 6.36. The molecule has 0 saturated carbocycles. The molecule has 94 valence electrons. The third-order valence-electron chi connectivity index (χ3n) is 2.14. The summed E-state index contributed by atoms with van der Waals surface area (Å²) in [4.78, 5) is 10.8. The summed E-state index contributed by atoms with van der Waals surface area (Å²) in [5.74, 6) is 0. The lowest BCUT2D eigenvalue weighted by Crippen LogP contribution is -2.46. The Hall–Kier alpha value is -1.84. The van der Waals surface area contributed by atoms with Gasteiger partial charge in [0.2, 0.25) is 6.41 Å². The van der Waals surface area contributed by atoms with E-state index >= 15 is 0 Å². The summed E-state index contributed by atoms with van der Waals surface area (Å²) < 4.78 is 1.44. The van der Waals surface area contributed by atoms with Crippen molar-refractivity contribution in [3.8, 4) is 0 Å². The Kier molecular flexibility index (Phi) is 7.43. The number of hydrogen-bond donors (Lipinski definition) is 1. The molecule has 0 atom stereocenters. The maximum atomic E-state index is 10.8. The van der Waals surface area contributed by atoms with E-state index in [0.29, 0.717) is 5.49 Å². The van der Waals surface area contributed by atoms with Gasteiger partial charge in [-0.15, -0.1) is 0 Å². The molecular weight excluding hydrogens is 214 g/mol. The van der Waals surface area contributed by atoms with Crippen LogP contribution in [0.2, 0.25) is 0 Å². The minimum atomic E-state index is 0.616. The number of carbonyl (C=O) groups is 1. The third kappa shape index (κ3) is 3.59. The first-order valence-electron chi connectivity index (χ1n) is 5.78. The first kappa shape index (κ1) is 15.2. The first-order chi connectivity index (χ1) is 8.28. The van der Waals surface area contributed by atoms with Gasteiger partial charge in [0.15, 0.2) is 5.49 Å². The van der Waals surface area contributed by atoms with Gasteiger partial charge in [-0.2, -0.15) is 5.10 Å². The van der Waals surface area contributed by atoms with Gasteiger partial charge in [-0.3, -0.25) is 9.36 Å².